The zero-order chi connectivity index (χ0) is 11.6. The Balaban J connectivity index is 2.86. The van der Waals surface area contributed by atoms with Gasteiger partial charge in [0, 0.05) is 18.6 Å². The Morgan fingerprint density at radius 2 is 2.07 bits per heavy atom. The molecule has 15 heavy (non-hydrogen) atoms. The molecular weight excluding hydrogens is 188 g/mol. The summed E-state index contributed by atoms with van der Waals surface area (Å²) in [7, 11) is 1.72. The Bertz CT molecular complexity index is 238. The molecule has 0 aromatic rings. The topological polar surface area (TPSA) is 32.3 Å². The van der Waals surface area contributed by atoms with Gasteiger partial charge in [-0.25, -0.2) is 0 Å². The molecule has 0 saturated carbocycles. The molecular formula is C12H24N2O. The number of nitrogens with one attached hydrogen (secondary N) is 1. The first kappa shape index (κ1) is 12.5. The van der Waals surface area contributed by atoms with E-state index >= 15 is 0 Å². The SMILES string of the molecule is CCC(C)(C)N1C(C)CCC1C(=O)NC. The van der Waals surface area contributed by atoms with Crippen molar-refractivity contribution in [3.8, 4) is 0 Å². The van der Waals surface area contributed by atoms with Crippen molar-refractivity contribution < 1.29 is 4.79 Å². The Morgan fingerprint density at radius 3 is 2.53 bits per heavy atom. The normalized spacial score (nSPS) is 28.1. The summed E-state index contributed by atoms with van der Waals surface area (Å²) < 4.78 is 0. The van der Waals surface area contributed by atoms with Crippen molar-refractivity contribution >= 4 is 5.91 Å². The highest BCUT2D eigenvalue weighted by molar-refractivity contribution is 5.81. The quantitative estimate of drug-likeness (QED) is 0.773. The minimum atomic E-state index is 0.0694. The fourth-order valence-electron chi connectivity index (χ4n) is 2.61. The van der Waals surface area contributed by atoms with E-state index in [1.54, 1.807) is 7.05 Å². The number of nitrogens with zero attached hydrogens (tertiary/aromatic N) is 1. The maximum absolute atomic E-state index is 11.8. The predicted octanol–water partition coefficient (Wildman–Crippen LogP) is 1.77. The zero-order valence-corrected chi connectivity index (χ0v) is 10.6. The lowest BCUT2D eigenvalue weighted by Gasteiger charge is -2.41. The fourth-order valence-corrected chi connectivity index (χ4v) is 2.61. The Labute approximate surface area is 93.2 Å². The van der Waals surface area contributed by atoms with E-state index in [1.165, 1.54) is 0 Å². The number of hydrogen-bond donors (Lipinski definition) is 1. The highest BCUT2D eigenvalue weighted by atomic mass is 16.2. The smallest absolute Gasteiger partial charge is 0.237 e. The molecule has 0 bridgehead atoms. The second kappa shape index (κ2) is 4.52. The number of amides is 1. The largest absolute Gasteiger partial charge is 0.358 e. The number of rotatable bonds is 3. The molecule has 1 rings (SSSR count). The van der Waals surface area contributed by atoms with Crippen molar-refractivity contribution in [2.45, 2.75) is 64.6 Å². The van der Waals surface area contributed by atoms with Crippen molar-refractivity contribution in [3.63, 3.8) is 0 Å². The predicted molar refractivity (Wildman–Crippen MR) is 62.8 cm³/mol. The number of carbonyl (C=O) groups excluding carboxylic acids is 1. The van der Waals surface area contributed by atoms with Gasteiger partial charge in [-0.3, -0.25) is 9.69 Å². The maximum atomic E-state index is 11.8. The minimum absolute atomic E-state index is 0.0694. The van der Waals surface area contributed by atoms with E-state index in [4.69, 9.17) is 0 Å². The van der Waals surface area contributed by atoms with Gasteiger partial charge in [-0.15, -0.1) is 0 Å². The van der Waals surface area contributed by atoms with Gasteiger partial charge in [-0.2, -0.15) is 0 Å². The number of hydrogen-bond acceptors (Lipinski definition) is 2. The fraction of sp³-hybridized carbons (Fsp3) is 0.917. The van der Waals surface area contributed by atoms with Crippen LogP contribution >= 0.6 is 0 Å². The second-order valence-corrected chi connectivity index (χ2v) is 5.13. The molecule has 1 fully saturated rings. The highest BCUT2D eigenvalue weighted by Crippen LogP contribution is 2.33. The molecule has 0 radical (unpaired) electrons. The molecule has 1 aliphatic rings. The van der Waals surface area contributed by atoms with Crippen LogP contribution in [0, 0.1) is 0 Å². The monoisotopic (exact) mass is 212 g/mol. The molecule has 88 valence electrons. The Morgan fingerprint density at radius 1 is 1.47 bits per heavy atom. The van der Waals surface area contributed by atoms with Gasteiger partial charge in [0.1, 0.15) is 0 Å². The summed E-state index contributed by atoms with van der Waals surface area (Å²) in [4.78, 5) is 14.2. The molecule has 1 saturated heterocycles. The Hall–Kier alpha value is -0.570. The van der Waals surface area contributed by atoms with Gasteiger partial charge in [0.25, 0.3) is 0 Å². The van der Waals surface area contributed by atoms with Crippen LogP contribution in [0.3, 0.4) is 0 Å². The average Bonchev–Trinajstić information content (AvgIpc) is 2.59. The maximum Gasteiger partial charge on any atom is 0.237 e. The first-order chi connectivity index (χ1) is 6.94. The van der Waals surface area contributed by atoms with Crippen molar-refractivity contribution in [3.05, 3.63) is 0 Å². The van der Waals surface area contributed by atoms with Crippen molar-refractivity contribution in [1.82, 2.24) is 10.2 Å². The van der Waals surface area contributed by atoms with Gasteiger partial charge >= 0.3 is 0 Å². The molecule has 0 aromatic carbocycles. The number of likely N-dealkylation sites (tertiary alicyclic amines) is 1. The summed E-state index contributed by atoms with van der Waals surface area (Å²) in [6, 6.07) is 0.585. The van der Waals surface area contributed by atoms with Crippen LogP contribution in [0.25, 0.3) is 0 Å². The molecule has 3 heteroatoms. The summed E-state index contributed by atoms with van der Waals surface area (Å²) >= 11 is 0. The van der Waals surface area contributed by atoms with Crippen molar-refractivity contribution in [1.29, 1.82) is 0 Å². The first-order valence-electron chi connectivity index (χ1n) is 5.94. The van der Waals surface area contributed by atoms with Crippen LogP contribution in [0.15, 0.2) is 0 Å². The molecule has 0 spiro atoms. The number of carbonyl (C=O) groups is 1. The van der Waals surface area contributed by atoms with E-state index < -0.39 is 0 Å². The molecule has 1 N–H and O–H groups in total. The third kappa shape index (κ3) is 2.33. The second-order valence-electron chi connectivity index (χ2n) is 5.13. The molecule has 0 aromatic heterocycles. The third-order valence-corrected chi connectivity index (χ3v) is 3.78. The lowest BCUT2D eigenvalue weighted by Crippen LogP contribution is -2.54. The van der Waals surface area contributed by atoms with Gasteiger partial charge in [-0.05, 0) is 40.0 Å². The van der Waals surface area contributed by atoms with Gasteiger partial charge in [-0.1, -0.05) is 6.92 Å². The lowest BCUT2D eigenvalue weighted by molar-refractivity contribution is -0.127. The summed E-state index contributed by atoms with van der Waals surface area (Å²) in [5.74, 6) is 0.167. The van der Waals surface area contributed by atoms with Gasteiger partial charge in [0.15, 0.2) is 0 Å². The minimum Gasteiger partial charge on any atom is -0.358 e. The average molecular weight is 212 g/mol. The summed E-state index contributed by atoms with van der Waals surface area (Å²) in [6.07, 6.45) is 3.19. The van der Waals surface area contributed by atoms with Crippen LogP contribution in [-0.2, 0) is 4.79 Å². The number of likely N-dealkylation sites (N-methyl/N-ethyl adjacent to an activating group) is 1. The van der Waals surface area contributed by atoms with Crippen LogP contribution in [0.5, 0.6) is 0 Å². The summed E-state index contributed by atoms with van der Waals surface area (Å²) in [5.41, 5.74) is 0.118. The molecule has 3 nitrogen and oxygen atoms in total. The molecule has 1 aliphatic heterocycles. The van der Waals surface area contributed by atoms with E-state index in [0.717, 1.165) is 19.3 Å². The molecule has 2 atom stereocenters. The van der Waals surface area contributed by atoms with Gasteiger partial charge in [0.2, 0.25) is 5.91 Å². The molecule has 2 unspecified atom stereocenters. The van der Waals surface area contributed by atoms with Gasteiger partial charge in [0.05, 0.1) is 6.04 Å². The summed E-state index contributed by atoms with van der Waals surface area (Å²) in [5, 5.41) is 2.77. The van der Waals surface area contributed by atoms with E-state index in [1.807, 2.05) is 0 Å². The van der Waals surface area contributed by atoms with Crippen LogP contribution in [0.4, 0.5) is 0 Å². The molecule has 1 amide bonds. The van der Waals surface area contributed by atoms with Gasteiger partial charge < -0.3 is 5.32 Å². The molecule has 0 aliphatic carbocycles. The van der Waals surface area contributed by atoms with Crippen molar-refractivity contribution in [2.75, 3.05) is 7.05 Å². The van der Waals surface area contributed by atoms with E-state index in [-0.39, 0.29) is 17.5 Å². The van der Waals surface area contributed by atoms with E-state index in [2.05, 4.69) is 37.9 Å². The standard InChI is InChI=1S/C12H24N2O/c1-6-12(3,4)14-9(2)7-8-10(14)11(15)13-5/h9-10H,6-8H2,1-5H3,(H,13,15). The molecule has 1 heterocycles. The zero-order valence-electron chi connectivity index (χ0n) is 10.6. The lowest BCUT2D eigenvalue weighted by atomic mass is 9.97. The van der Waals surface area contributed by atoms with Crippen LogP contribution < -0.4 is 5.32 Å². The van der Waals surface area contributed by atoms with Crippen LogP contribution in [0.1, 0.15) is 47.0 Å². The van der Waals surface area contributed by atoms with E-state index in [0.29, 0.717) is 6.04 Å². The highest BCUT2D eigenvalue weighted by Gasteiger charge is 2.42. The first-order valence-corrected chi connectivity index (χ1v) is 5.94. The van der Waals surface area contributed by atoms with Crippen LogP contribution in [-0.4, -0.2) is 35.5 Å². The Kier molecular flexibility index (Phi) is 3.77. The van der Waals surface area contributed by atoms with Crippen LogP contribution in [0.2, 0.25) is 0 Å². The van der Waals surface area contributed by atoms with Crippen molar-refractivity contribution in [2.24, 2.45) is 0 Å². The summed E-state index contributed by atoms with van der Waals surface area (Å²) in [6.45, 7) is 8.86. The van der Waals surface area contributed by atoms with E-state index in [9.17, 15) is 4.79 Å². The third-order valence-electron chi connectivity index (χ3n) is 3.78.